The molecule has 1 heterocycles. The molecule has 0 aromatic carbocycles. The molecular formula is C8H20N2O. The highest BCUT2D eigenvalue weighted by Gasteiger charge is 2.07. The van der Waals surface area contributed by atoms with Crippen molar-refractivity contribution >= 4 is 0 Å². The van der Waals surface area contributed by atoms with Crippen LogP contribution in [0.4, 0.5) is 0 Å². The van der Waals surface area contributed by atoms with Crippen molar-refractivity contribution in [3.05, 3.63) is 0 Å². The standard InChI is InChI=1S/C8H17NO.H3N/c1-2-3-4-9-5-7-10-8-6-9;/h2-8H2,1H3;1H3. The number of ether oxygens (including phenoxy) is 1. The van der Waals surface area contributed by atoms with Gasteiger partial charge in [0.1, 0.15) is 0 Å². The Labute approximate surface area is 69.3 Å². The number of unbranched alkanes of at least 4 members (excludes halogenated alkanes) is 1. The third-order valence-electron chi connectivity index (χ3n) is 1.93. The molecule has 0 amide bonds. The van der Waals surface area contributed by atoms with E-state index < -0.39 is 0 Å². The van der Waals surface area contributed by atoms with Gasteiger partial charge >= 0.3 is 0 Å². The molecule has 0 bridgehead atoms. The summed E-state index contributed by atoms with van der Waals surface area (Å²) in [4.78, 5) is 2.48. The summed E-state index contributed by atoms with van der Waals surface area (Å²) in [7, 11) is 0. The van der Waals surface area contributed by atoms with E-state index in [1.165, 1.54) is 19.4 Å². The average molecular weight is 160 g/mol. The first-order chi connectivity index (χ1) is 4.93. The molecule has 68 valence electrons. The molecule has 3 N–H and O–H groups in total. The Balaban J connectivity index is 0.000001000. The lowest BCUT2D eigenvalue weighted by Crippen LogP contribution is -2.36. The average Bonchev–Trinajstić information content (AvgIpc) is 2.03. The van der Waals surface area contributed by atoms with Crippen LogP contribution in [0, 0.1) is 0 Å². The number of hydrogen-bond donors (Lipinski definition) is 1. The lowest BCUT2D eigenvalue weighted by atomic mass is 10.3. The van der Waals surface area contributed by atoms with Crippen LogP contribution >= 0.6 is 0 Å². The molecule has 0 unspecified atom stereocenters. The normalized spacial score (nSPS) is 19.4. The second kappa shape index (κ2) is 6.58. The second-order valence-corrected chi connectivity index (χ2v) is 2.81. The van der Waals surface area contributed by atoms with Crippen molar-refractivity contribution in [1.29, 1.82) is 0 Å². The summed E-state index contributed by atoms with van der Waals surface area (Å²) in [6.45, 7) is 7.65. The van der Waals surface area contributed by atoms with Crippen molar-refractivity contribution < 1.29 is 4.74 Å². The first kappa shape index (κ1) is 10.9. The molecule has 0 spiro atoms. The van der Waals surface area contributed by atoms with Crippen LogP contribution in [-0.2, 0) is 4.74 Å². The first-order valence-corrected chi connectivity index (χ1v) is 4.23. The minimum absolute atomic E-state index is 0. The van der Waals surface area contributed by atoms with Gasteiger partial charge in [-0.2, -0.15) is 0 Å². The lowest BCUT2D eigenvalue weighted by Gasteiger charge is -2.26. The molecule has 0 aliphatic carbocycles. The Morgan fingerprint density at radius 2 is 1.91 bits per heavy atom. The summed E-state index contributed by atoms with van der Waals surface area (Å²) >= 11 is 0. The van der Waals surface area contributed by atoms with E-state index in [9.17, 15) is 0 Å². The van der Waals surface area contributed by atoms with E-state index in [0.29, 0.717) is 0 Å². The van der Waals surface area contributed by atoms with Crippen molar-refractivity contribution in [3.63, 3.8) is 0 Å². The summed E-state index contributed by atoms with van der Waals surface area (Å²) in [6, 6.07) is 0. The summed E-state index contributed by atoms with van der Waals surface area (Å²) in [5.74, 6) is 0. The molecule has 1 fully saturated rings. The predicted octanol–water partition coefficient (Wildman–Crippen LogP) is 1.28. The van der Waals surface area contributed by atoms with Crippen molar-refractivity contribution in [2.75, 3.05) is 32.8 Å². The van der Waals surface area contributed by atoms with Crippen molar-refractivity contribution in [2.45, 2.75) is 19.8 Å². The molecule has 1 rings (SSSR count). The van der Waals surface area contributed by atoms with Gasteiger partial charge in [0.25, 0.3) is 0 Å². The van der Waals surface area contributed by atoms with Gasteiger partial charge in [-0.1, -0.05) is 13.3 Å². The summed E-state index contributed by atoms with van der Waals surface area (Å²) in [6.07, 6.45) is 2.64. The molecule has 1 aliphatic rings. The highest BCUT2D eigenvalue weighted by Crippen LogP contribution is 1.98. The molecule has 1 saturated heterocycles. The van der Waals surface area contributed by atoms with E-state index in [1.54, 1.807) is 0 Å². The molecule has 0 radical (unpaired) electrons. The highest BCUT2D eigenvalue weighted by molar-refractivity contribution is 4.60. The van der Waals surface area contributed by atoms with Crippen LogP contribution in [0.5, 0.6) is 0 Å². The molecule has 3 nitrogen and oxygen atoms in total. The van der Waals surface area contributed by atoms with Gasteiger partial charge in [0.2, 0.25) is 0 Å². The van der Waals surface area contributed by atoms with Crippen LogP contribution in [0.15, 0.2) is 0 Å². The number of nitrogens with zero attached hydrogens (tertiary/aromatic N) is 1. The van der Waals surface area contributed by atoms with Gasteiger partial charge in [0, 0.05) is 13.1 Å². The van der Waals surface area contributed by atoms with E-state index in [0.717, 1.165) is 26.3 Å². The largest absolute Gasteiger partial charge is 0.379 e. The van der Waals surface area contributed by atoms with Gasteiger partial charge in [-0.3, -0.25) is 4.90 Å². The van der Waals surface area contributed by atoms with Gasteiger partial charge in [-0.05, 0) is 13.0 Å². The lowest BCUT2D eigenvalue weighted by molar-refractivity contribution is 0.0373. The molecule has 0 atom stereocenters. The minimum Gasteiger partial charge on any atom is -0.379 e. The zero-order valence-corrected chi connectivity index (χ0v) is 7.51. The summed E-state index contributed by atoms with van der Waals surface area (Å²) in [5.41, 5.74) is 0. The second-order valence-electron chi connectivity index (χ2n) is 2.81. The maximum Gasteiger partial charge on any atom is 0.0594 e. The smallest absolute Gasteiger partial charge is 0.0594 e. The third kappa shape index (κ3) is 4.35. The Morgan fingerprint density at radius 3 is 2.45 bits per heavy atom. The zero-order chi connectivity index (χ0) is 7.23. The van der Waals surface area contributed by atoms with E-state index in [2.05, 4.69) is 11.8 Å². The first-order valence-electron chi connectivity index (χ1n) is 4.23. The zero-order valence-electron chi connectivity index (χ0n) is 7.51. The van der Waals surface area contributed by atoms with E-state index in [4.69, 9.17) is 4.74 Å². The van der Waals surface area contributed by atoms with Crippen LogP contribution in [0.1, 0.15) is 19.8 Å². The SMILES string of the molecule is CCCCN1CCOCC1.N. The van der Waals surface area contributed by atoms with Gasteiger partial charge in [0.15, 0.2) is 0 Å². The fraction of sp³-hybridized carbons (Fsp3) is 1.00. The van der Waals surface area contributed by atoms with Gasteiger partial charge in [0.05, 0.1) is 13.2 Å². The molecule has 0 saturated carbocycles. The quantitative estimate of drug-likeness (QED) is 0.676. The fourth-order valence-corrected chi connectivity index (χ4v) is 1.21. The monoisotopic (exact) mass is 160 g/mol. The number of morpholine rings is 1. The minimum atomic E-state index is 0. The number of hydrogen-bond acceptors (Lipinski definition) is 3. The van der Waals surface area contributed by atoms with E-state index in [-0.39, 0.29) is 6.15 Å². The predicted molar refractivity (Wildman–Crippen MR) is 47.2 cm³/mol. The topological polar surface area (TPSA) is 47.5 Å². The van der Waals surface area contributed by atoms with Crippen molar-refractivity contribution in [3.8, 4) is 0 Å². The molecule has 11 heavy (non-hydrogen) atoms. The van der Waals surface area contributed by atoms with Crippen LogP contribution in [-0.4, -0.2) is 37.7 Å². The maximum atomic E-state index is 5.24. The molecular weight excluding hydrogens is 140 g/mol. The molecule has 1 aliphatic heterocycles. The Morgan fingerprint density at radius 1 is 1.27 bits per heavy atom. The molecule has 0 aromatic heterocycles. The van der Waals surface area contributed by atoms with E-state index >= 15 is 0 Å². The van der Waals surface area contributed by atoms with Crippen LogP contribution in [0.25, 0.3) is 0 Å². The summed E-state index contributed by atoms with van der Waals surface area (Å²) in [5, 5.41) is 0. The molecule has 0 aromatic rings. The molecule has 3 heteroatoms. The third-order valence-corrected chi connectivity index (χ3v) is 1.93. The Bertz CT molecular complexity index is 82.2. The maximum absolute atomic E-state index is 5.24. The van der Waals surface area contributed by atoms with Crippen LogP contribution in [0.2, 0.25) is 0 Å². The van der Waals surface area contributed by atoms with Gasteiger partial charge in [-0.25, -0.2) is 0 Å². The summed E-state index contributed by atoms with van der Waals surface area (Å²) < 4.78 is 5.24. The van der Waals surface area contributed by atoms with Crippen LogP contribution in [0.3, 0.4) is 0 Å². The number of rotatable bonds is 3. The van der Waals surface area contributed by atoms with Gasteiger partial charge < -0.3 is 10.9 Å². The van der Waals surface area contributed by atoms with Gasteiger partial charge in [-0.15, -0.1) is 0 Å². The van der Waals surface area contributed by atoms with Crippen molar-refractivity contribution in [1.82, 2.24) is 11.1 Å². The van der Waals surface area contributed by atoms with Crippen LogP contribution < -0.4 is 6.15 Å². The van der Waals surface area contributed by atoms with Crippen molar-refractivity contribution in [2.24, 2.45) is 0 Å². The van der Waals surface area contributed by atoms with E-state index in [1.807, 2.05) is 0 Å². The Hall–Kier alpha value is -0.120. The Kier molecular flexibility index (Phi) is 6.51. The fourth-order valence-electron chi connectivity index (χ4n) is 1.21. The highest BCUT2D eigenvalue weighted by atomic mass is 16.5.